The largest absolute Gasteiger partial charge is 0.452 e. The van der Waals surface area contributed by atoms with E-state index in [0.29, 0.717) is 0 Å². The van der Waals surface area contributed by atoms with Crippen molar-refractivity contribution in [3.8, 4) is 0 Å². The van der Waals surface area contributed by atoms with Gasteiger partial charge in [0.25, 0.3) is 0 Å². The van der Waals surface area contributed by atoms with Gasteiger partial charge in [0.05, 0.1) is 30.9 Å². The van der Waals surface area contributed by atoms with Gasteiger partial charge in [-0.15, -0.1) is 17.5 Å². The Morgan fingerprint density at radius 2 is 2.15 bits per heavy atom. The van der Waals surface area contributed by atoms with Crippen molar-refractivity contribution in [1.29, 1.82) is 0 Å². The lowest BCUT2D eigenvalue weighted by atomic mass is 9.91. The number of anilines is 1. The molecule has 4 rings (SSSR count). The minimum Gasteiger partial charge on any atom is -0.452 e. The van der Waals surface area contributed by atoms with E-state index in [4.69, 9.17) is 9.57 Å². The third-order valence-corrected chi connectivity index (χ3v) is 4.90. The zero-order valence-electron chi connectivity index (χ0n) is 15.3. The quantitative estimate of drug-likeness (QED) is 0.799. The van der Waals surface area contributed by atoms with Gasteiger partial charge in [-0.05, 0) is 24.8 Å². The number of methoxy groups -OCH3 is 1. The lowest BCUT2D eigenvalue weighted by Crippen LogP contribution is -2.42. The number of quaternary nitrogens is 1. The molecule has 1 aromatic rings. The molecule has 2 aliphatic heterocycles. The van der Waals surface area contributed by atoms with Crippen molar-refractivity contribution < 1.29 is 14.2 Å². The van der Waals surface area contributed by atoms with Gasteiger partial charge in [-0.2, -0.15) is 9.94 Å². The second-order valence-corrected chi connectivity index (χ2v) is 6.34. The zero-order valence-corrected chi connectivity index (χ0v) is 16.1. The number of nitrogens with one attached hydrogen (secondary N) is 1. The molecule has 3 aliphatic rings. The summed E-state index contributed by atoms with van der Waals surface area (Å²) in [5.74, 6) is 1.55. The number of hydrogen-bond donors (Lipinski definition) is 1. The first-order valence-corrected chi connectivity index (χ1v) is 8.69. The van der Waals surface area contributed by atoms with Crippen molar-refractivity contribution in [3.05, 3.63) is 51.9 Å². The number of hydroxylamine groups is 3. The van der Waals surface area contributed by atoms with Crippen molar-refractivity contribution in [2.24, 2.45) is 0 Å². The number of rotatable bonds is 5. The van der Waals surface area contributed by atoms with E-state index in [9.17, 15) is 0 Å². The van der Waals surface area contributed by atoms with Crippen molar-refractivity contribution in [3.63, 3.8) is 0 Å². The molecule has 0 aromatic carbocycles. The van der Waals surface area contributed by atoms with Gasteiger partial charge in [-0.25, -0.2) is 0 Å². The molecule has 0 spiro atoms. The van der Waals surface area contributed by atoms with E-state index >= 15 is 0 Å². The third kappa shape index (κ3) is 2.57. The Labute approximate surface area is 159 Å². The molecule has 3 heterocycles. The fraction of sp³-hybridized carbons (Fsp3) is 0.368. The molecule has 138 valence electrons. The van der Waals surface area contributed by atoms with Gasteiger partial charge in [0.15, 0.2) is 17.7 Å². The van der Waals surface area contributed by atoms with Crippen LogP contribution in [-0.4, -0.2) is 35.6 Å². The van der Waals surface area contributed by atoms with Crippen LogP contribution in [0.5, 0.6) is 0 Å². The Morgan fingerprint density at radius 1 is 1.31 bits per heavy atom. The highest BCUT2D eigenvalue weighted by Gasteiger charge is 2.49. The highest BCUT2D eigenvalue weighted by atomic mass is 35.5. The van der Waals surface area contributed by atoms with Crippen LogP contribution in [0.2, 0.25) is 0 Å². The second-order valence-electron chi connectivity index (χ2n) is 6.34. The number of allylic oxidation sites excluding steroid dienone is 3. The summed E-state index contributed by atoms with van der Waals surface area (Å²) in [5, 5.41) is 14.0. The Morgan fingerprint density at radius 3 is 2.88 bits per heavy atom. The van der Waals surface area contributed by atoms with Crippen LogP contribution in [0.4, 0.5) is 5.82 Å². The molecule has 1 atom stereocenters. The number of fused-ring (bicyclic) bond motifs is 3. The summed E-state index contributed by atoms with van der Waals surface area (Å²) >= 11 is 0. The summed E-state index contributed by atoms with van der Waals surface area (Å²) in [6, 6.07) is 0. The Bertz CT molecular complexity index is 935. The van der Waals surface area contributed by atoms with Crippen LogP contribution in [0.25, 0.3) is 11.9 Å². The molecule has 26 heavy (non-hydrogen) atoms. The van der Waals surface area contributed by atoms with Gasteiger partial charge >= 0.3 is 5.88 Å². The maximum absolute atomic E-state index is 6.00. The number of nitrogens with zero attached hydrogens (tertiary/aromatic N) is 3. The van der Waals surface area contributed by atoms with E-state index in [-0.39, 0.29) is 17.1 Å². The van der Waals surface area contributed by atoms with E-state index in [1.807, 2.05) is 6.20 Å². The Kier molecular flexibility index (Phi) is 5.18. The smallest absolute Gasteiger partial charge is 0.335 e. The second kappa shape index (κ2) is 7.23. The predicted molar refractivity (Wildman–Crippen MR) is 103 cm³/mol. The number of ether oxygens (including phenoxy) is 1. The van der Waals surface area contributed by atoms with Crippen molar-refractivity contribution >= 4 is 30.1 Å². The third-order valence-electron chi connectivity index (χ3n) is 4.90. The molecule has 1 aliphatic carbocycles. The molecular weight excluding hydrogens is 352 g/mol. The summed E-state index contributed by atoms with van der Waals surface area (Å²) < 4.78 is 5.84. The van der Waals surface area contributed by atoms with E-state index in [2.05, 4.69) is 40.7 Å². The van der Waals surface area contributed by atoms with Gasteiger partial charge < -0.3 is 10.1 Å². The van der Waals surface area contributed by atoms with Crippen LogP contribution in [0, 0.1) is 0 Å². The molecule has 0 saturated heterocycles. The van der Waals surface area contributed by atoms with Crippen LogP contribution < -0.4 is 15.8 Å². The number of aromatic nitrogens is 2. The Hall–Kier alpha value is -2.15. The first-order chi connectivity index (χ1) is 12.2. The molecule has 0 bridgehead atoms. The van der Waals surface area contributed by atoms with Crippen LogP contribution in [0.1, 0.15) is 26.2 Å². The molecule has 1 N–H and O–H groups in total. The minimum absolute atomic E-state index is 0. The maximum atomic E-state index is 6.00. The molecule has 0 saturated carbocycles. The highest BCUT2D eigenvalue weighted by Crippen LogP contribution is 2.43. The van der Waals surface area contributed by atoms with Gasteiger partial charge in [-0.3, -0.25) is 0 Å². The molecular formula is C19H24ClN4O2+. The Balaban J connectivity index is 0.00000196. The first-order valence-electron chi connectivity index (χ1n) is 8.69. The summed E-state index contributed by atoms with van der Waals surface area (Å²) in [4.78, 5) is 6.00. The van der Waals surface area contributed by atoms with E-state index in [1.54, 1.807) is 20.4 Å². The van der Waals surface area contributed by atoms with Crippen LogP contribution in [0.15, 0.2) is 41.5 Å². The molecule has 7 heteroatoms. The number of hydrogen-bond acceptors (Lipinski definition) is 5. The van der Waals surface area contributed by atoms with Crippen molar-refractivity contribution in [2.45, 2.75) is 26.2 Å². The lowest BCUT2D eigenvalue weighted by molar-refractivity contribution is -0.962. The van der Waals surface area contributed by atoms with Gasteiger partial charge in [-0.1, -0.05) is 23.7 Å². The molecule has 1 aromatic heterocycles. The van der Waals surface area contributed by atoms with Crippen LogP contribution in [-0.2, 0) is 9.57 Å². The summed E-state index contributed by atoms with van der Waals surface area (Å²) in [5.41, 5.74) is 3.52. The number of halogens is 1. The van der Waals surface area contributed by atoms with Crippen LogP contribution in [0.3, 0.4) is 0 Å². The monoisotopic (exact) mass is 375 g/mol. The minimum atomic E-state index is 0. The summed E-state index contributed by atoms with van der Waals surface area (Å²) in [6.07, 6.45) is 13.4. The van der Waals surface area contributed by atoms with Gasteiger partial charge in [0, 0.05) is 18.2 Å². The SMILES string of the molecule is CCCNc1nncc2c1=C1C3=C(C=C(OC)[N+]1(OC)C=2)CCC=C3.Cl. The first kappa shape index (κ1) is 18.6. The fourth-order valence-electron chi connectivity index (χ4n) is 3.76. The molecule has 0 amide bonds. The predicted octanol–water partition coefficient (Wildman–Crippen LogP) is 2.11. The molecule has 0 fully saturated rings. The molecule has 0 radical (unpaired) electrons. The topological polar surface area (TPSA) is 56.3 Å². The lowest BCUT2D eigenvalue weighted by Gasteiger charge is -2.34. The van der Waals surface area contributed by atoms with E-state index < -0.39 is 0 Å². The average molecular weight is 376 g/mol. The van der Waals surface area contributed by atoms with Gasteiger partial charge in [0.1, 0.15) is 0 Å². The maximum Gasteiger partial charge on any atom is 0.335 e. The van der Waals surface area contributed by atoms with Crippen molar-refractivity contribution in [2.75, 3.05) is 26.1 Å². The molecule has 6 nitrogen and oxygen atoms in total. The van der Waals surface area contributed by atoms with E-state index in [1.165, 1.54) is 11.1 Å². The fourth-order valence-corrected chi connectivity index (χ4v) is 3.76. The highest BCUT2D eigenvalue weighted by molar-refractivity contribution is 5.85. The summed E-state index contributed by atoms with van der Waals surface area (Å²) in [7, 11) is 3.39. The van der Waals surface area contributed by atoms with Crippen LogP contribution >= 0.6 is 12.4 Å². The zero-order chi connectivity index (χ0) is 17.4. The summed E-state index contributed by atoms with van der Waals surface area (Å²) in [6.45, 7) is 2.98. The normalized spacial score (nSPS) is 22.6. The standard InChI is InChI=1S/C19H23N4O2.ClH/c1-4-9-20-19-17-14(11-21-22-19)12-23(25-3)16(24-2)10-13-7-5-6-8-15(13)18(17)23;/h6,8,10-12H,4-5,7,9H2,1-3H3,(H,20,22);1H/q+1;. The average Bonchev–Trinajstić information content (AvgIpc) is 3.02. The molecule has 1 unspecified atom stereocenters. The van der Waals surface area contributed by atoms with Crippen molar-refractivity contribution in [1.82, 2.24) is 10.2 Å². The van der Waals surface area contributed by atoms with Gasteiger partial charge in [0.2, 0.25) is 0 Å². The van der Waals surface area contributed by atoms with E-state index in [0.717, 1.165) is 53.6 Å².